The lowest BCUT2D eigenvalue weighted by molar-refractivity contribution is 0.103. The van der Waals surface area contributed by atoms with Crippen molar-refractivity contribution in [3.05, 3.63) is 58.6 Å². The van der Waals surface area contributed by atoms with Gasteiger partial charge in [-0.05, 0) is 42.5 Å². The first-order valence-electron chi connectivity index (χ1n) is 6.50. The average Bonchev–Trinajstić information content (AvgIpc) is 2.48. The largest absolute Gasteiger partial charge is 0.465 e. The molecule has 0 bridgehead atoms. The number of anilines is 2. The molecule has 0 aliphatic carbocycles. The van der Waals surface area contributed by atoms with E-state index in [-0.39, 0.29) is 17.0 Å². The lowest BCUT2D eigenvalue weighted by Crippen LogP contribution is -2.13. The van der Waals surface area contributed by atoms with Gasteiger partial charge in [-0.15, -0.1) is 0 Å². The predicted octanol–water partition coefficient (Wildman–Crippen LogP) is 3.73. The molecule has 6 heteroatoms. The first-order valence-corrected chi connectivity index (χ1v) is 6.88. The fourth-order valence-corrected chi connectivity index (χ4v) is 2.17. The van der Waals surface area contributed by atoms with Crippen molar-refractivity contribution in [2.45, 2.75) is 0 Å². The lowest BCUT2D eigenvalue weighted by Gasteiger charge is -2.13. The first-order chi connectivity index (χ1) is 10.4. The van der Waals surface area contributed by atoms with Crippen LogP contribution in [-0.2, 0) is 0 Å². The number of amides is 1. The number of halogens is 1. The van der Waals surface area contributed by atoms with Crippen LogP contribution in [-0.4, -0.2) is 31.1 Å². The second kappa shape index (κ2) is 6.49. The van der Waals surface area contributed by atoms with Gasteiger partial charge in [-0.3, -0.25) is 10.1 Å². The zero-order valence-electron chi connectivity index (χ0n) is 12.1. The molecule has 2 aromatic rings. The minimum absolute atomic E-state index is 0.207. The van der Waals surface area contributed by atoms with Crippen molar-refractivity contribution in [2.24, 2.45) is 0 Å². The van der Waals surface area contributed by atoms with Crippen LogP contribution >= 0.6 is 11.6 Å². The monoisotopic (exact) mass is 318 g/mol. The van der Waals surface area contributed by atoms with Crippen molar-refractivity contribution in [3.8, 4) is 0 Å². The fraction of sp³-hybridized carbons (Fsp3) is 0.125. The molecule has 0 aliphatic heterocycles. The zero-order valence-corrected chi connectivity index (χ0v) is 12.9. The quantitative estimate of drug-likeness (QED) is 0.843. The van der Waals surface area contributed by atoms with Crippen molar-refractivity contribution >= 4 is 34.9 Å². The van der Waals surface area contributed by atoms with E-state index in [9.17, 15) is 9.59 Å². The third kappa shape index (κ3) is 3.56. The predicted molar refractivity (Wildman–Crippen MR) is 87.3 cm³/mol. The summed E-state index contributed by atoms with van der Waals surface area (Å²) in [4.78, 5) is 25.3. The highest BCUT2D eigenvalue weighted by Gasteiger charge is 2.16. The number of hydrogen-bond acceptors (Lipinski definition) is 3. The number of carboxylic acid groups (broad SMARTS) is 1. The molecule has 0 atom stereocenters. The maximum absolute atomic E-state index is 12.6. The molecular formula is C16H15ClN2O3. The molecule has 0 saturated heterocycles. The molecule has 2 aromatic carbocycles. The van der Waals surface area contributed by atoms with Crippen LogP contribution in [0.15, 0.2) is 42.5 Å². The maximum Gasteiger partial charge on any atom is 0.409 e. The minimum Gasteiger partial charge on any atom is -0.465 e. The summed E-state index contributed by atoms with van der Waals surface area (Å²) >= 11 is 5.92. The molecule has 0 aromatic heterocycles. The number of hydrogen-bond donors (Lipinski definition) is 2. The van der Waals surface area contributed by atoms with Gasteiger partial charge in [0.15, 0.2) is 5.78 Å². The van der Waals surface area contributed by atoms with Crippen molar-refractivity contribution in [3.63, 3.8) is 0 Å². The summed E-state index contributed by atoms with van der Waals surface area (Å²) in [6.45, 7) is 0. The van der Waals surface area contributed by atoms with Gasteiger partial charge >= 0.3 is 6.09 Å². The van der Waals surface area contributed by atoms with Crippen LogP contribution in [0.1, 0.15) is 15.9 Å². The number of rotatable bonds is 4. The number of carbonyl (C=O) groups excluding carboxylic acids is 1. The van der Waals surface area contributed by atoms with Gasteiger partial charge in [-0.25, -0.2) is 4.79 Å². The summed E-state index contributed by atoms with van der Waals surface area (Å²) in [6.07, 6.45) is -1.24. The Balaban J connectivity index is 2.39. The van der Waals surface area contributed by atoms with Crippen molar-refractivity contribution in [2.75, 3.05) is 24.3 Å². The molecule has 0 heterocycles. The van der Waals surface area contributed by atoms with E-state index in [1.807, 2.05) is 31.1 Å². The number of nitrogens with zero attached hydrogens (tertiary/aromatic N) is 1. The molecule has 0 saturated carbocycles. The normalized spacial score (nSPS) is 10.1. The maximum atomic E-state index is 12.6. The van der Waals surface area contributed by atoms with Gasteiger partial charge in [0.25, 0.3) is 0 Å². The highest BCUT2D eigenvalue weighted by molar-refractivity contribution is 6.31. The van der Waals surface area contributed by atoms with Gasteiger partial charge in [0.2, 0.25) is 0 Å². The number of benzene rings is 2. The molecule has 0 spiro atoms. The molecule has 0 fully saturated rings. The smallest absolute Gasteiger partial charge is 0.409 e. The molecule has 0 radical (unpaired) electrons. The van der Waals surface area contributed by atoms with Crippen LogP contribution in [0.25, 0.3) is 0 Å². The van der Waals surface area contributed by atoms with Crippen LogP contribution in [0.5, 0.6) is 0 Å². The van der Waals surface area contributed by atoms with E-state index in [0.717, 1.165) is 5.69 Å². The number of ketones is 1. The molecule has 5 nitrogen and oxygen atoms in total. The van der Waals surface area contributed by atoms with Crippen LogP contribution in [0.4, 0.5) is 16.2 Å². The van der Waals surface area contributed by atoms with Crippen LogP contribution in [0, 0.1) is 0 Å². The fourth-order valence-electron chi connectivity index (χ4n) is 1.99. The molecule has 22 heavy (non-hydrogen) atoms. The summed E-state index contributed by atoms with van der Waals surface area (Å²) in [7, 11) is 3.81. The summed E-state index contributed by atoms with van der Waals surface area (Å²) in [5.74, 6) is -0.295. The van der Waals surface area contributed by atoms with Crippen LogP contribution in [0.2, 0.25) is 5.02 Å². The Morgan fingerprint density at radius 2 is 1.73 bits per heavy atom. The first kappa shape index (κ1) is 15.9. The standard InChI is InChI=1S/C16H15ClN2O3/c1-19(2)12-6-3-10(4-7-12)15(20)13-9-11(17)5-8-14(13)18-16(21)22/h3-9,18H,1-2H3,(H,21,22). The summed E-state index contributed by atoms with van der Waals surface area (Å²) in [6, 6.07) is 11.5. The molecule has 114 valence electrons. The Morgan fingerprint density at radius 3 is 2.27 bits per heavy atom. The van der Waals surface area contributed by atoms with Crippen molar-refractivity contribution in [1.29, 1.82) is 0 Å². The summed E-state index contributed by atoms with van der Waals surface area (Å²) < 4.78 is 0. The molecule has 2 N–H and O–H groups in total. The van der Waals surface area contributed by atoms with Gasteiger partial charge < -0.3 is 10.0 Å². The Bertz CT molecular complexity index is 712. The molecule has 1 amide bonds. The van der Waals surface area contributed by atoms with E-state index in [1.54, 1.807) is 12.1 Å². The van der Waals surface area contributed by atoms with Gasteiger partial charge in [-0.2, -0.15) is 0 Å². The summed E-state index contributed by atoms with van der Waals surface area (Å²) in [5.41, 5.74) is 1.85. The minimum atomic E-state index is -1.24. The number of carbonyl (C=O) groups is 2. The van der Waals surface area contributed by atoms with Gasteiger partial charge in [0.05, 0.1) is 5.69 Å². The Hall–Kier alpha value is -2.53. The molecule has 2 rings (SSSR count). The van der Waals surface area contributed by atoms with E-state index in [1.165, 1.54) is 18.2 Å². The van der Waals surface area contributed by atoms with Crippen molar-refractivity contribution in [1.82, 2.24) is 0 Å². The van der Waals surface area contributed by atoms with Gasteiger partial charge in [0, 0.05) is 35.9 Å². The average molecular weight is 319 g/mol. The molecular weight excluding hydrogens is 304 g/mol. The van der Waals surface area contributed by atoms with Crippen LogP contribution in [0.3, 0.4) is 0 Å². The Kier molecular flexibility index (Phi) is 4.68. The summed E-state index contributed by atoms with van der Waals surface area (Å²) in [5, 5.41) is 11.4. The van der Waals surface area contributed by atoms with Gasteiger partial charge in [-0.1, -0.05) is 11.6 Å². The van der Waals surface area contributed by atoms with E-state index in [2.05, 4.69) is 5.32 Å². The lowest BCUT2D eigenvalue weighted by atomic mass is 10.0. The van der Waals surface area contributed by atoms with E-state index >= 15 is 0 Å². The Labute approximate surface area is 133 Å². The van der Waals surface area contributed by atoms with Crippen molar-refractivity contribution < 1.29 is 14.7 Å². The topological polar surface area (TPSA) is 69.6 Å². The third-order valence-corrected chi connectivity index (χ3v) is 3.35. The van der Waals surface area contributed by atoms with E-state index < -0.39 is 6.09 Å². The number of nitrogens with one attached hydrogen (secondary N) is 1. The Morgan fingerprint density at radius 1 is 1.09 bits per heavy atom. The van der Waals surface area contributed by atoms with Crippen LogP contribution < -0.4 is 10.2 Å². The molecule has 0 aliphatic rings. The zero-order chi connectivity index (χ0) is 16.3. The van der Waals surface area contributed by atoms with E-state index in [0.29, 0.717) is 10.6 Å². The third-order valence-electron chi connectivity index (χ3n) is 3.11. The SMILES string of the molecule is CN(C)c1ccc(C(=O)c2cc(Cl)ccc2NC(=O)O)cc1. The van der Waals surface area contributed by atoms with E-state index in [4.69, 9.17) is 16.7 Å². The highest BCUT2D eigenvalue weighted by Crippen LogP contribution is 2.24. The molecule has 0 unspecified atom stereocenters. The van der Waals surface area contributed by atoms with Gasteiger partial charge in [0.1, 0.15) is 0 Å². The second-order valence-corrected chi connectivity index (χ2v) is 5.33. The second-order valence-electron chi connectivity index (χ2n) is 4.89. The highest BCUT2D eigenvalue weighted by atomic mass is 35.5.